The fourth-order valence-electron chi connectivity index (χ4n) is 2.06. The van der Waals surface area contributed by atoms with Crippen molar-refractivity contribution in [2.24, 2.45) is 0 Å². The Morgan fingerprint density at radius 2 is 2.29 bits per heavy atom. The van der Waals surface area contributed by atoms with E-state index in [1.54, 1.807) is 26.2 Å². The zero-order chi connectivity index (χ0) is 15.0. The molecule has 0 aliphatic carbocycles. The molecule has 3 rings (SSSR count). The van der Waals surface area contributed by atoms with Gasteiger partial charge in [-0.2, -0.15) is 14.9 Å². The number of aromatic nitrogens is 3. The number of nitrogens with zero attached hydrogens (tertiary/aromatic N) is 4. The van der Waals surface area contributed by atoms with Crippen molar-refractivity contribution in [1.29, 1.82) is 5.26 Å². The highest BCUT2D eigenvalue weighted by Crippen LogP contribution is 2.27. The van der Waals surface area contributed by atoms with E-state index < -0.39 is 0 Å². The molecule has 0 amide bonds. The van der Waals surface area contributed by atoms with Crippen LogP contribution in [0, 0.1) is 24.1 Å². The molecule has 21 heavy (non-hydrogen) atoms. The molecule has 0 bridgehead atoms. The molecule has 0 spiro atoms. The Bertz CT molecular complexity index is 862. The van der Waals surface area contributed by atoms with Crippen molar-refractivity contribution in [1.82, 2.24) is 14.6 Å². The predicted molar refractivity (Wildman–Crippen MR) is 76.4 cm³/mol. The number of fused-ring (bicyclic) bond motifs is 1. The number of aryl methyl sites for hydroxylation is 1. The third-order valence-electron chi connectivity index (χ3n) is 3.05. The van der Waals surface area contributed by atoms with Crippen LogP contribution in [-0.4, -0.2) is 21.7 Å². The Balaban J connectivity index is 2.16. The second-order valence-corrected chi connectivity index (χ2v) is 5.55. The van der Waals surface area contributed by atoms with Gasteiger partial charge >= 0.3 is 0 Å². The molecular weight excluding hydrogens is 291 g/mol. The molecule has 2 aromatic heterocycles. The SMILES string of the molecule is COCc1nn2c(C#N)c(-c3ccc(F)c(C)c3)nc2s1. The van der Waals surface area contributed by atoms with Gasteiger partial charge in [0.2, 0.25) is 4.96 Å². The molecule has 106 valence electrons. The summed E-state index contributed by atoms with van der Waals surface area (Å²) < 4.78 is 19.9. The van der Waals surface area contributed by atoms with Gasteiger partial charge < -0.3 is 4.74 Å². The third kappa shape index (κ3) is 2.28. The van der Waals surface area contributed by atoms with Crippen LogP contribution in [-0.2, 0) is 11.3 Å². The van der Waals surface area contributed by atoms with Crippen molar-refractivity contribution in [2.75, 3.05) is 7.11 Å². The van der Waals surface area contributed by atoms with Gasteiger partial charge in [0.05, 0.1) is 6.61 Å². The molecule has 0 saturated heterocycles. The summed E-state index contributed by atoms with van der Waals surface area (Å²) in [6, 6.07) is 6.79. The van der Waals surface area contributed by atoms with Crippen LogP contribution in [0.25, 0.3) is 16.2 Å². The van der Waals surface area contributed by atoms with Gasteiger partial charge in [0.15, 0.2) is 5.69 Å². The number of benzene rings is 1. The molecule has 0 aliphatic heterocycles. The summed E-state index contributed by atoms with van der Waals surface area (Å²) in [5, 5.41) is 14.4. The maximum Gasteiger partial charge on any atom is 0.214 e. The van der Waals surface area contributed by atoms with Crippen LogP contribution in [0.2, 0.25) is 0 Å². The fraction of sp³-hybridized carbons (Fsp3) is 0.214. The normalized spacial score (nSPS) is 11.0. The van der Waals surface area contributed by atoms with Crippen LogP contribution in [0.3, 0.4) is 0 Å². The van der Waals surface area contributed by atoms with E-state index in [0.29, 0.717) is 34.1 Å². The Morgan fingerprint density at radius 1 is 1.48 bits per heavy atom. The van der Waals surface area contributed by atoms with Crippen molar-refractivity contribution < 1.29 is 9.13 Å². The second kappa shape index (κ2) is 5.24. The van der Waals surface area contributed by atoms with Gasteiger partial charge in [-0.15, -0.1) is 0 Å². The van der Waals surface area contributed by atoms with E-state index in [4.69, 9.17) is 4.74 Å². The van der Waals surface area contributed by atoms with Crippen molar-refractivity contribution >= 4 is 16.3 Å². The number of halogens is 1. The molecule has 0 N–H and O–H groups in total. The molecule has 3 aromatic rings. The van der Waals surface area contributed by atoms with Crippen LogP contribution in [0.4, 0.5) is 4.39 Å². The standard InChI is InChI=1S/C14H11FN4OS/c1-8-5-9(3-4-10(8)15)13-11(6-16)19-14(17-13)21-12(18-19)7-20-2/h3-5H,7H2,1-2H3. The van der Waals surface area contributed by atoms with Gasteiger partial charge in [-0.1, -0.05) is 11.3 Å². The summed E-state index contributed by atoms with van der Waals surface area (Å²) >= 11 is 1.36. The largest absolute Gasteiger partial charge is 0.377 e. The second-order valence-electron chi connectivity index (χ2n) is 4.51. The van der Waals surface area contributed by atoms with Crippen molar-refractivity contribution in [3.05, 3.63) is 40.3 Å². The molecule has 0 radical (unpaired) electrons. The maximum absolute atomic E-state index is 13.4. The first-order valence-electron chi connectivity index (χ1n) is 6.18. The fourth-order valence-corrected chi connectivity index (χ4v) is 2.93. The average Bonchev–Trinajstić information content (AvgIpc) is 2.99. The summed E-state index contributed by atoms with van der Waals surface area (Å²) in [5.41, 5.74) is 2.08. The Hall–Kier alpha value is -2.30. The Morgan fingerprint density at radius 3 is 2.95 bits per heavy atom. The molecule has 1 aromatic carbocycles. The lowest BCUT2D eigenvalue weighted by Gasteiger charge is -2.01. The molecule has 5 nitrogen and oxygen atoms in total. The quantitative estimate of drug-likeness (QED) is 0.746. The van der Waals surface area contributed by atoms with Gasteiger partial charge in [0.25, 0.3) is 0 Å². The van der Waals surface area contributed by atoms with E-state index in [9.17, 15) is 9.65 Å². The van der Waals surface area contributed by atoms with Crippen molar-refractivity contribution in [2.45, 2.75) is 13.5 Å². The van der Waals surface area contributed by atoms with Crippen LogP contribution in [0.1, 0.15) is 16.3 Å². The van der Waals surface area contributed by atoms with Crippen LogP contribution in [0.15, 0.2) is 18.2 Å². The van der Waals surface area contributed by atoms with E-state index in [1.165, 1.54) is 21.9 Å². The number of hydrogen-bond acceptors (Lipinski definition) is 5. The van der Waals surface area contributed by atoms with E-state index in [1.807, 2.05) is 0 Å². The number of rotatable bonds is 3. The van der Waals surface area contributed by atoms with E-state index in [2.05, 4.69) is 16.2 Å². The van der Waals surface area contributed by atoms with Crippen LogP contribution >= 0.6 is 11.3 Å². The molecule has 0 aliphatic rings. The molecule has 7 heteroatoms. The molecule has 0 saturated carbocycles. The van der Waals surface area contributed by atoms with E-state index in [0.717, 1.165) is 5.01 Å². The molecule has 0 atom stereocenters. The lowest BCUT2D eigenvalue weighted by molar-refractivity contribution is 0.183. The lowest BCUT2D eigenvalue weighted by atomic mass is 10.1. The van der Waals surface area contributed by atoms with Gasteiger partial charge in [-0.05, 0) is 30.7 Å². The first-order valence-corrected chi connectivity index (χ1v) is 6.99. The minimum atomic E-state index is -0.279. The minimum absolute atomic E-state index is 0.279. The first-order chi connectivity index (χ1) is 10.1. The molecule has 0 unspecified atom stereocenters. The smallest absolute Gasteiger partial charge is 0.214 e. The summed E-state index contributed by atoms with van der Waals surface area (Å²) in [7, 11) is 1.59. The van der Waals surface area contributed by atoms with E-state index in [-0.39, 0.29) is 5.82 Å². The predicted octanol–water partition coefficient (Wildman–Crippen LogP) is 2.92. The van der Waals surface area contributed by atoms with Crippen molar-refractivity contribution in [3.63, 3.8) is 0 Å². The van der Waals surface area contributed by atoms with Gasteiger partial charge in [-0.25, -0.2) is 9.37 Å². The Kier molecular flexibility index (Phi) is 3.41. The van der Waals surface area contributed by atoms with Crippen LogP contribution < -0.4 is 0 Å². The molecular formula is C14H11FN4OS. The van der Waals surface area contributed by atoms with Crippen molar-refractivity contribution in [3.8, 4) is 17.3 Å². The summed E-state index contributed by atoms with van der Waals surface area (Å²) in [6.45, 7) is 2.06. The zero-order valence-electron chi connectivity index (χ0n) is 11.4. The summed E-state index contributed by atoms with van der Waals surface area (Å²) in [5.74, 6) is -0.279. The monoisotopic (exact) mass is 302 g/mol. The summed E-state index contributed by atoms with van der Waals surface area (Å²) in [6.07, 6.45) is 0. The van der Waals surface area contributed by atoms with Gasteiger partial charge in [0, 0.05) is 12.7 Å². The number of hydrogen-bond donors (Lipinski definition) is 0. The number of imidazole rings is 1. The number of ether oxygens (including phenoxy) is 1. The van der Waals surface area contributed by atoms with E-state index >= 15 is 0 Å². The number of nitriles is 1. The third-order valence-corrected chi connectivity index (χ3v) is 3.93. The summed E-state index contributed by atoms with van der Waals surface area (Å²) in [4.78, 5) is 5.07. The van der Waals surface area contributed by atoms with Gasteiger partial charge in [0.1, 0.15) is 22.6 Å². The highest BCUT2D eigenvalue weighted by Gasteiger charge is 2.18. The first kappa shape index (κ1) is 13.7. The van der Waals surface area contributed by atoms with Gasteiger partial charge in [-0.3, -0.25) is 0 Å². The minimum Gasteiger partial charge on any atom is -0.377 e. The molecule has 2 heterocycles. The highest BCUT2D eigenvalue weighted by molar-refractivity contribution is 7.16. The number of methoxy groups -OCH3 is 1. The highest BCUT2D eigenvalue weighted by atomic mass is 32.1. The topological polar surface area (TPSA) is 63.2 Å². The van der Waals surface area contributed by atoms with Crippen LogP contribution in [0.5, 0.6) is 0 Å². The lowest BCUT2D eigenvalue weighted by Crippen LogP contribution is -1.94. The molecule has 0 fully saturated rings. The zero-order valence-corrected chi connectivity index (χ0v) is 12.2. The maximum atomic E-state index is 13.4. The Labute approximate surface area is 124 Å². The average molecular weight is 302 g/mol.